The maximum atomic E-state index is 4.34. The Balaban J connectivity index is 1.66. The Labute approximate surface area is 118 Å². The van der Waals surface area contributed by atoms with Crippen molar-refractivity contribution in [2.24, 2.45) is 4.99 Å². The fraction of sp³-hybridized carbons (Fsp3) is 0.812. The van der Waals surface area contributed by atoms with Gasteiger partial charge in [0.2, 0.25) is 0 Å². The van der Waals surface area contributed by atoms with Crippen molar-refractivity contribution in [3.8, 4) is 0 Å². The number of guanidine groups is 1. The summed E-state index contributed by atoms with van der Waals surface area (Å²) in [7, 11) is 1.87. The van der Waals surface area contributed by atoms with Gasteiger partial charge in [0, 0.05) is 19.6 Å². The van der Waals surface area contributed by atoms with Gasteiger partial charge in [-0.1, -0.05) is 30.9 Å². The molecule has 3 nitrogen and oxygen atoms in total. The summed E-state index contributed by atoms with van der Waals surface area (Å²) in [5.74, 6) is 0.989. The van der Waals surface area contributed by atoms with Crippen molar-refractivity contribution in [3.63, 3.8) is 0 Å². The van der Waals surface area contributed by atoms with Crippen molar-refractivity contribution in [1.82, 2.24) is 10.6 Å². The molecule has 1 fully saturated rings. The van der Waals surface area contributed by atoms with E-state index < -0.39 is 0 Å². The fourth-order valence-electron chi connectivity index (χ4n) is 3.11. The largest absolute Gasteiger partial charge is 0.356 e. The van der Waals surface area contributed by atoms with Crippen molar-refractivity contribution in [3.05, 3.63) is 11.6 Å². The van der Waals surface area contributed by atoms with Gasteiger partial charge in [0.05, 0.1) is 0 Å². The van der Waals surface area contributed by atoms with Crippen molar-refractivity contribution >= 4 is 5.96 Å². The summed E-state index contributed by atoms with van der Waals surface area (Å²) in [5, 5.41) is 7.02. The maximum Gasteiger partial charge on any atom is 0.191 e. The number of rotatable bonds is 4. The predicted octanol–water partition coefficient (Wildman–Crippen LogP) is 3.37. The lowest BCUT2D eigenvalue weighted by atomic mass is 9.96. The highest BCUT2D eigenvalue weighted by Crippen LogP contribution is 2.19. The van der Waals surface area contributed by atoms with Crippen LogP contribution in [0.2, 0.25) is 0 Å². The van der Waals surface area contributed by atoms with E-state index in [1.54, 1.807) is 5.57 Å². The van der Waals surface area contributed by atoms with E-state index in [4.69, 9.17) is 0 Å². The quantitative estimate of drug-likeness (QED) is 0.463. The second-order valence-corrected chi connectivity index (χ2v) is 5.84. The molecule has 0 aromatic heterocycles. The molecule has 2 aliphatic rings. The van der Waals surface area contributed by atoms with Crippen LogP contribution < -0.4 is 10.6 Å². The minimum absolute atomic E-state index is 0.633. The van der Waals surface area contributed by atoms with Crippen LogP contribution in [0.15, 0.2) is 16.6 Å². The van der Waals surface area contributed by atoms with Crippen LogP contribution in [-0.2, 0) is 0 Å². The van der Waals surface area contributed by atoms with Gasteiger partial charge in [0.1, 0.15) is 0 Å². The highest BCUT2D eigenvalue weighted by molar-refractivity contribution is 5.79. The summed E-state index contributed by atoms with van der Waals surface area (Å²) in [4.78, 5) is 4.34. The maximum absolute atomic E-state index is 4.34. The predicted molar refractivity (Wildman–Crippen MR) is 82.5 cm³/mol. The molecular weight excluding hydrogens is 234 g/mol. The SMILES string of the molecule is CN=C(NCCC1=CCCCC1)NC1CCCCC1. The molecule has 0 heterocycles. The second kappa shape index (κ2) is 8.23. The van der Waals surface area contributed by atoms with E-state index in [1.165, 1.54) is 64.2 Å². The molecule has 19 heavy (non-hydrogen) atoms. The van der Waals surface area contributed by atoms with Gasteiger partial charge in [-0.05, 0) is 44.9 Å². The molecular formula is C16H29N3. The normalized spacial score (nSPS) is 21.9. The van der Waals surface area contributed by atoms with E-state index >= 15 is 0 Å². The molecule has 0 radical (unpaired) electrons. The second-order valence-electron chi connectivity index (χ2n) is 5.84. The van der Waals surface area contributed by atoms with Gasteiger partial charge in [-0.3, -0.25) is 4.99 Å². The molecule has 2 N–H and O–H groups in total. The fourth-order valence-corrected chi connectivity index (χ4v) is 3.11. The Morgan fingerprint density at radius 2 is 2.05 bits per heavy atom. The minimum Gasteiger partial charge on any atom is -0.356 e. The zero-order chi connectivity index (χ0) is 13.3. The van der Waals surface area contributed by atoms with Crippen molar-refractivity contribution in [2.75, 3.05) is 13.6 Å². The third-order valence-electron chi connectivity index (χ3n) is 4.29. The zero-order valence-electron chi connectivity index (χ0n) is 12.4. The van der Waals surface area contributed by atoms with Gasteiger partial charge >= 0.3 is 0 Å². The standard InChI is InChI=1S/C16H29N3/c1-17-16(19-15-10-6-3-7-11-15)18-13-12-14-8-4-2-5-9-14/h8,15H,2-7,9-13H2,1H3,(H2,17,18,19). The Morgan fingerprint density at radius 3 is 2.74 bits per heavy atom. The summed E-state index contributed by atoms with van der Waals surface area (Å²) in [6.07, 6.45) is 15.7. The molecule has 0 aliphatic heterocycles. The minimum atomic E-state index is 0.633. The Hall–Kier alpha value is -0.990. The van der Waals surface area contributed by atoms with Gasteiger partial charge in [0.25, 0.3) is 0 Å². The molecule has 0 atom stereocenters. The highest BCUT2D eigenvalue weighted by Gasteiger charge is 2.14. The Bertz CT molecular complexity index is 314. The molecule has 3 heteroatoms. The van der Waals surface area contributed by atoms with E-state index in [-0.39, 0.29) is 0 Å². The van der Waals surface area contributed by atoms with E-state index in [1.807, 2.05) is 7.05 Å². The summed E-state index contributed by atoms with van der Waals surface area (Å²) >= 11 is 0. The van der Waals surface area contributed by atoms with Crippen LogP contribution in [0, 0.1) is 0 Å². The third-order valence-corrected chi connectivity index (χ3v) is 4.29. The first kappa shape index (κ1) is 14.4. The van der Waals surface area contributed by atoms with Crippen molar-refractivity contribution in [2.45, 2.75) is 70.3 Å². The molecule has 0 bridgehead atoms. The number of allylic oxidation sites excluding steroid dienone is 1. The van der Waals surface area contributed by atoms with E-state index in [0.29, 0.717) is 6.04 Å². The van der Waals surface area contributed by atoms with Gasteiger partial charge < -0.3 is 10.6 Å². The molecule has 0 aromatic carbocycles. The molecule has 0 unspecified atom stereocenters. The first-order valence-corrected chi connectivity index (χ1v) is 8.03. The molecule has 0 aromatic rings. The molecule has 1 saturated carbocycles. The van der Waals surface area contributed by atoms with E-state index in [2.05, 4.69) is 21.7 Å². The first-order valence-electron chi connectivity index (χ1n) is 8.03. The molecule has 108 valence electrons. The van der Waals surface area contributed by atoms with Crippen LogP contribution in [-0.4, -0.2) is 25.6 Å². The smallest absolute Gasteiger partial charge is 0.191 e. The van der Waals surface area contributed by atoms with Gasteiger partial charge in [-0.2, -0.15) is 0 Å². The lowest BCUT2D eigenvalue weighted by Gasteiger charge is -2.25. The van der Waals surface area contributed by atoms with Crippen LogP contribution in [0.1, 0.15) is 64.2 Å². The Morgan fingerprint density at radius 1 is 1.21 bits per heavy atom. The van der Waals surface area contributed by atoms with Gasteiger partial charge in [-0.15, -0.1) is 0 Å². The van der Waals surface area contributed by atoms with Gasteiger partial charge in [0.15, 0.2) is 5.96 Å². The average Bonchev–Trinajstić information content (AvgIpc) is 2.48. The molecule has 2 aliphatic carbocycles. The number of nitrogens with one attached hydrogen (secondary N) is 2. The number of aliphatic imine (C=N–C) groups is 1. The highest BCUT2D eigenvalue weighted by atomic mass is 15.2. The summed E-state index contributed by atoms with van der Waals surface area (Å²) < 4.78 is 0. The van der Waals surface area contributed by atoms with Crippen molar-refractivity contribution in [1.29, 1.82) is 0 Å². The summed E-state index contributed by atoms with van der Waals surface area (Å²) in [5.41, 5.74) is 1.63. The molecule has 2 rings (SSSR count). The van der Waals surface area contributed by atoms with Gasteiger partial charge in [-0.25, -0.2) is 0 Å². The summed E-state index contributed by atoms with van der Waals surface area (Å²) in [6, 6.07) is 0.633. The number of nitrogens with zero attached hydrogens (tertiary/aromatic N) is 1. The summed E-state index contributed by atoms with van der Waals surface area (Å²) in [6.45, 7) is 1.01. The molecule has 0 spiro atoms. The first-order chi connectivity index (χ1) is 9.38. The van der Waals surface area contributed by atoms with E-state index in [0.717, 1.165) is 12.5 Å². The topological polar surface area (TPSA) is 36.4 Å². The van der Waals surface area contributed by atoms with Crippen LogP contribution in [0.5, 0.6) is 0 Å². The lowest BCUT2D eigenvalue weighted by Crippen LogP contribution is -2.44. The van der Waals surface area contributed by atoms with Crippen LogP contribution in [0.3, 0.4) is 0 Å². The lowest BCUT2D eigenvalue weighted by molar-refractivity contribution is 0.410. The zero-order valence-corrected chi connectivity index (χ0v) is 12.4. The average molecular weight is 263 g/mol. The molecule has 0 amide bonds. The van der Waals surface area contributed by atoms with Crippen LogP contribution in [0.25, 0.3) is 0 Å². The van der Waals surface area contributed by atoms with Crippen molar-refractivity contribution < 1.29 is 0 Å². The monoisotopic (exact) mass is 263 g/mol. The van der Waals surface area contributed by atoms with E-state index in [9.17, 15) is 0 Å². The number of hydrogen-bond donors (Lipinski definition) is 2. The molecule has 0 saturated heterocycles. The Kier molecular flexibility index (Phi) is 6.25. The van der Waals surface area contributed by atoms with Crippen LogP contribution in [0.4, 0.5) is 0 Å². The third kappa shape index (κ3) is 5.25. The van der Waals surface area contributed by atoms with Crippen LogP contribution >= 0.6 is 0 Å². The number of hydrogen-bond acceptors (Lipinski definition) is 1.